The Morgan fingerprint density at radius 3 is 2.38 bits per heavy atom. The summed E-state index contributed by atoms with van der Waals surface area (Å²) in [5.41, 5.74) is -0.423. The molecule has 0 radical (unpaired) electrons. The van der Waals surface area contributed by atoms with Crippen LogP contribution < -0.4 is 0 Å². The SMILES string of the molecule is COC[C@H](C[C@H]1O[C@@H]2C(OS(C)(=O)=O)OCO[C@@H]2[C@@H](OC)C1(C)C)OC. The van der Waals surface area contributed by atoms with Crippen molar-refractivity contribution in [1.29, 1.82) is 0 Å². The third-order valence-corrected chi connectivity index (χ3v) is 5.49. The van der Waals surface area contributed by atoms with Gasteiger partial charge in [0.15, 0.2) is 6.79 Å². The highest BCUT2D eigenvalue weighted by atomic mass is 32.2. The minimum atomic E-state index is -3.73. The third kappa shape index (κ3) is 4.93. The minimum Gasteiger partial charge on any atom is -0.382 e. The van der Waals surface area contributed by atoms with E-state index in [1.165, 1.54) is 0 Å². The lowest BCUT2D eigenvalue weighted by atomic mass is 9.72. The highest BCUT2D eigenvalue weighted by Crippen LogP contribution is 2.44. The van der Waals surface area contributed by atoms with Gasteiger partial charge in [-0.05, 0) is 0 Å². The molecule has 0 saturated carbocycles. The van der Waals surface area contributed by atoms with Crippen molar-refractivity contribution in [3.63, 3.8) is 0 Å². The van der Waals surface area contributed by atoms with Crippen LogP contribution in [0.4, 0.5) is 0 Å². The van der Waals surface area contributed by atoms with E-state index in [1.807, 2.05) is 13.8 Å². The van der Waals surface area contributed by atoms with Gasteiger partial charge in [0.2, 0.25) is 6.29 Å². The molecule has 0 amide bonds. The predicted octanol–water partition coefficient (Wildman–Crippen LogP) is 0.522. The van der Waals surface area contributed by atoms with Gasteiger partial charge in [0.1, 0.15) is 12.2 Å². The lowest BCUT2D eigenvalue weighted by Gasteiger charge is -2.54. The summed E-state index contributed by atoms with van der Waals surface area (Å²) in [6, 6.07) is 0. The zero-order valence-electron chi connectivity index (χ0n) is 16.2. The van der Waals surface area contributed by atoms with Crippen LogP contribution in [0.25, 0.3) is 0 Å². The number of rotatable bonds is 8. The van der Waals surface area contributed by atoms with Gasteiger partial charge < -0.3 is 28.4 Å². The lowest BCUT2D eigenvalue weighted by molar-refractivity contribution is -0.356. The first-order valence-corrected chi connectivity index (χ1v) is 10.3. The highest BCUT2D eigenvalue weighted by molar-refractivity contribution is 7.86. The molecule has 2 heterocycles. The first kappa shape index (κ1) is 22.0. The van der Waals surface area contributed by atoms with Crippen molar-refractivity contribution >= 4 is 10.1 Å². The van der Waals surface area contributed by atoms with Crippen LogP contribution in [0.15, 0.2) is 0 Å². The van der Waals surface area contributed by atoms with Gasteiger partial charge in [0.25, 0.3) is 10.1 Å². The molecule has 9 nitrogen and oxygen atoms in total. The van der Waals surface area contributed by atoms with Crippen molar-refractivity contribution in [2.45, 2.75) is 57.1 Å². The van der Waals surface area contributed by atoms with E-state index < -0.39 is 34.0 Å². The third-order valence-electron chi connectivity index (χ3n) is 4.95. The van der Waals surface area contributed by atoms with Crippen LogP contribution in [-0.4, -0.2) is 86.2 Å². The Morgan fingerprint density at radius 2 is 1.85 bits per heavy atom. The molecule has 0 aromatic rings. The largest absolute Gasteiger partial charge is 0.382 e. The fraction of sp³-hybridized carbons (Fsp3) is 1.00. The number of methoxy groups -OCH3 is 3. The quantitative estimate of drug-likeness (QED) is 0.542. The average molecular weight is 398 g/mol. The molecule has 26 heavy (non-hydrogen) atoms. The summed E-state index contributed by atoms with van der Waals surface area (Å²) in [5.74, 6) is 0. The van der Waals surface area contributed by atoms with Gasteiger partial charge >= 0.3 is 0 Å². The van der Waals surface area contributed by atoms with Crippen LogP contribution in [0.3, 0.4) is 0 Å². The zero-order chi connectivity index (χ0) is 19.5. The maximum absolute atomic E-state index is 11.6. The minimum absolute atomic E-state index is 0.101. The predicted molar refractivity (Wildman–Crippen MR) is 91.1 cm³/mol. The molecule has 2 fully saturated rings. The number of hydrogen-bond donors (Lipinski definition) is 0. The summed E-state index contributed by atoms with van der Waals surface area (Å²) in [6.07, 6.45) is -1.70. The molecule has 2 aliphatic heterocycles. The molecule has 1 unspecified atom stereocenters. The molecule has 2 rings (SSSR count). The Bertz CT molecular complexity index is 550. The molecular formula is C16H30O9S. The molecule has 0 aliphatic carbocycles. The normalized spacial score (nSPS) is 35.7. The second kappa shape index (κ2) is 8.78. The zero-order valence-corrected chi connectivity index (χ0v) is 17.0. The summed E-state index contributed by atoms with van der Waals surface area (Å²) >= 11 is 0. The summed E-state index contributed by atoms with van der Waals surface area (Å²) in [6.45, 7) is 4.35. The van der Waals surface area contributed by atoms with Crippen LogP contribution in [0, 0.1) is 5.41 Å². The molecule has 0 aromatic carbocycles. The first-order valence-electron chi connectivity index (χ1n) is 8.45. The van der Waals surface area contributed by atoms with E-state index in [4.69, 9.17) is 32.6 Å². The molecule has 0 aromatic heterocycles. The van der Waals surface area contributed by atoms with Crippen molar-refractivity contribution in [2.24, 2.45) is 5.41 Å². The van der Waals surface area contributed by atoms with Gasteiger partial charge in [0.05, 0.1) is 31.2 Å². The smallest absolute Gasteiger partial charge is 0.266 e. The van der Waals surface area contributed by atoms with E-state index in [1.54, 1.807) is 21.3 Å². The molecular weight excluding hydrogens is 368 g/mol. The Balaban J connectivity index is 2.26. The van der Waals surface area contributed by atoms with E-state index in [2.05, 4.69) is 0 Å². The Kier molecular flexibility index (Phi) is 7.42. The van der Waals surface area contributed by atoms with E-state index in [0.717, 1.165) is 6.26 Å². The van der Waals surface area contributed by atoms with E-state index in [0.29, 0.717) is 13.0 Å². The molecule has 2 saturated heterocycles. The van der Waals surface area contributed by atoms with Crippen molar-refractivity contribution in [3.8, 4) is 0 Å². The number of fused-ring (bicyclic) bond motifs is 1. The van der Waals surface area contributed by atoms with Crippen molar-refractivity contribution in [2.75, 3.05) is 41.0 Å². The van der Waals surface area contributed by atoms with Gasteiger partial charge in [-0.3, -0.25) is 0 Å². The highest BCUT2D eigenvalue weighted by Gasteiger charge is 2.56. The maximum atomic E-state index is 11.6. The molecule has 6 atom stereocenters. The molecule has 10 heteroatoms. The summed E-state index contributed by atoms with van der Waals surface area (Å²) in [5, 5.41) is 0. The van der Waals surface area contributed by atoms with E-state index >= 15 is 0 Å². The summed E-state index contributed by atoms with van der Waals surface area (Å²) in [4.78, 5) is 0. The number of hydrogen-bond acceptors (Lipinski definition) is 9. The monoisotopic (exact) mass is 398 g/mol. The maximum Gasteiger partial charge on any atom is 0.266 e. The van der Waals surface area contributed by atoms with Gasteiger partial charge in [-0.2, -0.15) is 8.42 Å². The van der Waals surface area contributed by atoms with Crippen molar-refractivity contribution < 1.29 is 41.0 Å². The van der Waals surface area contributed by atoms with Gasteiger partial charge in [-0.1, -0.05) is 13.8 Å². The molecule has 0 N–H and O–H groups in total. The number of ether oxygens (including phenoxy) is 6. The van der Waals surface area contributed by atoms with E-state index in [-0.39, 0.29) is 25.1 Å². The van der Waals surface area contributed by atoms with Crippen LogP contribution in [0.2, 0.25) is 0 Å². The Morgan fingerprint density at radius 1 is 1.15 bits per heavy atom. The lowest BCUT2D eigenvalue weighted by Crippen LogP contribution is -2.66. The summed E-state index contributed by atoms with van der Waals surface area (Å²) < 4.78 is 61.9. The second-order valence-electron chi connectivity index (χ2n) is 7.20. The molecule has 0 bridgehead atoms. The van der Waals surface area contributed by atoms with Crippen LogP contribution >= 0.6 is 0 Å². The molecule has 2 aliphatic rings. The second-order valence-corrected chi connectivity index (χ2v) is 8.80. The van der Waals surface area contributed by atoms with Gasteiger partial charge in [-0.15, -0.1) is 0 Å². The van der Waals surface area contributed by atoms with Gasteiger partial charge in [-0.25, -0.2) is 4.18 Å². The summed E-state index contributed by atoms with van der Waals surface area (Å²) in [7, 11) is 1.08. The fourth-order valence-electron chi connectivity index (χ4n) is 3.61. The Hall–Kier alpha value is -0.330. The average Bonchev–Trinajstić information content (AvgIpc) is 2.54. The topological polar surface area (TPSA) is 98.8 Å². The van der Waals surface area contributed by atoms with E-state index in [9.17, 15) is 8.42 Å². The van der Waals surface area contributed by atoms with Gasteiger partial charge in [0, 0.05) is 33.2 Å². The standard InChI is InChI=1S/C16H30O9S/c1-16(2)11(7-10(20-4)8-19-3)24-13-12(14(16)21-5)22-9-23-15(13)25-26(6,17)18/h10-15H,7-9H2,1-6H3/t10-,11+,12-,13-,14+,15?/m0/s1. The van der Waals surface area contributed by atoms with Crippen LogP contribution in [0.5, 0.6) is 0 Å². The van der Waals surface area contributed by atoms with Crippen LogP contribution in [0.1, 0.15) is 20.3 Å². The van der Waals surface area contributed by atoms with Crippen molar-refractivity contribution in [3.05, 3.63) is 0 Å². The first-order chi connectivity index (χ1) is 12.1. The van der Waals surface area contributed by atoms with Crippen LogP contribution in [-0.2, 0) is 42.7 Å². The fourth-order valence-corrected chi connectivity index (χ4v) is 4.12. The molecule has 0 spiro atoms. The Labute approximate surface area is 155 Å². The molecule has 154 valence electrons. The van der Waals surface area contributed by atoms with Crippen molar-refractivity contribution in [1.82, 2.24) is 0 Å².